The number of nitrogens with two attached hydrogens (primary N) is 1. The van der Waals surface area contributed by atoms with Crippen molar-refractivity contribution in [1.82, 2.24) is 0 Å². The van der Waals surface area contributed by atoms with Crippen LogP contribution in [0.5, 0.6) is 0 Å². The van der Waals surface area contributed by atoms with Crippen LogP contribution in [0.4, 0.5) is 0 Å². The van der Waals surface area contributed by atoms with Crippen molar-refractivity contribution in [2.24, 2.45) is 5.73 Å². The highest BCUT2D eigenvalue weighted by Crippen LogP contribution is 2.22. The maximum Gasteiger partial charge on any atom is 0.324 e. The minimum absolute atomic E-state index is 0.128. The Hall–Kier alpha value is -0.620. The Morgan fingerprint density at radius 2 is 1.93 bits per heavy atom. The summed E-state index contributed by atoms with van der Waals surface area (Å²) in [5.74, 6) is -0.813. The van der Waals surface area contributed by atoms with Crippen LogP contribution in [-0.4, -0.2) is 37.0 Å². The SMILES string of the molecule is CC(C)(C)OC(=O)C1CC(N)CS1(=O)=O. The van der Waals surface area contributed by atoms with Crippen LogP contribution < -0.4 is 5.73 Å². The van der Waals surface area contributed by atoms with E-state index in [2.05, 4.69) is 0 Å². The van der Waals surface area contributed by atoms with Gasteiger partial charge in [-0.2, -0.15) is 0 Å². The van der Waals surface area contributed by atoms with Crippen molar-refractivity contribution in [2.45, 2.75) is 44.1 Å². The molecule has 1 fully saturated rings. The lowest BCUT2D eigenvalue weighted by atomic mass is 10.1. The van der Waals surface area contributed by atoms with Gasteiger partial charge >= 0.3 is 5.97 Å². The quantitative estimate of drug-likeness (QED) is 0.638. The van der Waals surface area contributed by atoms with Gasteiger partial charge in [0.1, 0.15) is 5.60 Å². The molecule has 2 atom stereocenters. The van der Waals surface area contributed by atoms with Crippen molar-refractivity contribution in [3.63, 3.8) is 0 Å². The van der Waals surface area contributed by atoms with Gasteiger partial charge in [0.2, 0.25) is 0 Å². The van der Waals surface area contributed by atoms with Gasteiger partial charge in [0.05, 0.1) is 5.75 Å². The molecule has 1 rings (SSSR count). The largest absolute Gasteiger partial charge is 0.459 e. The third-order valence-corrected chi connectivity index (χ3v) is 4.21. The summed E-state index contributed by atoms with van der Waals surface area (Å²) in [6.45, 7) is 5.10. The Morgan fingerprint density at radius 1 is 1.40 bits per heavy atom. The van der Waals surface area contributed by atoms with E-state index in [1.165, 1.54) is 0 Å². The number of carbonyl (C=O) groups excluding carboxylic acids is 1. The highest BCUT2D eigenvalue weighted by atomic mass is 32.2. The van der Waals surface area contributed by atoms with Gasteiger partial charge in [-0.25, -0.2) is 8.42 Å². The summed E-state index contributed by atoms with van der Waals surface area (Å²) in [7, 11) is -3.41. The zero-order valence-electron chi connectivity index (χ0n) is 9.19. The molecule has 1 saturated heterocycles. The molecule has 88 valence electrons. The summed E-state index contributed by atoms with van der Waals surface area (Å²) < 4.78 is 28.1. The van der Waals surface area contributed by atoms with E-state index in [1.807, 2.05) is 0 Å². The second-order valence-corrected chi connectivity index (χ2v) is 7.08. The lowest BCUT2D eigenvalue weighted by Gasteiger charge is -2.21. The van der Waals surface area contributed by atoms with E-state index in [9.17, 15) is 13.2 Å². The van der Waals surface area contributed by atoms with Crippen molar-refractivity contribution < 1.29 is 17.9 Å². The summed E-state index contributed by atoms with van der Waals surface area (Å²) in [5, 5.41) is -1.08. The average molecular weight is 235 g/mol. The Kier molecular flexibility index (Phi) is 3.11. The number of carbonyl (C=O) groups is 1. The molecule has 5 nitrogen and oxygen atoms in total. The van der Waals surface area contributed by atoms with Gasteiger partial charge in [-0.1, -0.05) is 0 Å². The predicted molar refractivity (Wildman–Crippen MR) is 56.0 cm³/mol. The first-order chi connectivity index (χ1) is 6.62. The molecule has 0 saturated carbocycles. The van der Waals surface area contributed by atoms with Gasteiger partial charge in [0.15, 0.2) is 15.1 Å². The van der Waals surface area contributed by atoms with Crippen LogP contribution in [0.3, 0.4) is 0 Å². The topological polar surface area (TPSA) is 86.5 Å². The average Bonchev–Trinajstić information content (AvgIpc) is 2.20. The molecule has 1 aliphatic rings. The van der Waals surface area contributed by atoms with E-state index < -0.39 is 32.7 Å². The first-order valence-corrected chi connectivity index (χ1v) is 6.53. The first-order valence-electron chi connectivity index (χ1n) is 4.82. The number of sulfone groups is 1. The molecule has 0 aliphatic carbocycles. The molecule has 0 aromatic heterocycles. The number of hydrogen-bond donors (Lipinski definition) is 1. The van der Waals surface area contributed by atoms with E-state index in [-0.39, 0.29) is 12.2 Å². The van der Waals surface area contributed by atoms with Crippen molar-refractivity contribution in [3.05, 3.63) is 0 Å². The van der Waals surface area contributed by atoms with Gasteiger partial charge in [-0.05, 0) is 27.2 Å². The second kappa shape index (κ2) is 3.75. The fourth-order valence-corrected chi connectivity index (χ4v) is 3.36. The van der Waals surface area contributed by atoms with E-state index in [1.54, 1.807) is 20.8 Å². The molecule has 0 spiro atoms. The van der Waals surface area contributed by atoms with Crippen molar-refractivity contribution in [2.75, 3.05) is 5.75 Å². The van der Waals surface area contributed by atoms with Crippen LogP contribution in [0.15, 0.2) is 0 Å². The van der Waals surface area contributed by atoms with Crippen molar-refractivity contribution >= 4 is 15.8 Å². The molecule has 0 radical (unpaired) electrons. The molecule has 6 heteroatoms. The van der Waals surface area contributed by atoms with Crippen LogP contribution in [0.1, 0.15) is 27.2 Å². The summed E-state index contributed by atoms with van der Waals surface area (Å²) >= 11 is 0. The minimum Gasteiger partial charge on any atom is -0.459 e. The number of esters is 1. The van der Waals surface area contributed by atoms with Gasteiger partial charge in [-0.15, -0.1) is 0 Å². The molecule has 0 amide bonds. The van der Waals surface area contributed by atoms with Gasteiger partial charge in [0, 0.05) is 6.04 Å². The fraction of sp³-hybridized carbons (Fsp3) is 0.889. The highest BCUT2D eigenvalue weighted by Gasteiger charge is 2.43. The van der Waals surface area contributed by atoms with Crippen LogP contribution >= 0.6 is 0 Å². The monoisotopic (exact) mass is 235 g/mol. The summed E-state index contributed by atoms with van der Waals surface area (Å²) in [4.78, 5) is 11.6. The molecule has 1 aliphatic heterocycles. The van der Waals surface area contributed by atoms with E-state index in [0.29, 0.717) is 0 Å². The van der Waals surface area contributed by atoms with E-state index in [0.717, 1.165) is 0 Å². The lowest BCUT2D eigenvalue weighted by Crippen LogP contribution is -2.34. The molecular formula is C9H17NO4S. The highest BCUT2D eigenvalue weighted by molar-refractivity contribution is 7.93. The number of ether oxygens (including phenoxy) is 1. The fourth-order valence-electron chi connectivity index (χ4n) is 1.51. The van der Waals surface area contributed by atoms with E-state index >= 15 is 0 Å². The molecule has 0 aromatic carbocycles. The van der Waals surface area contributed by atoms with Crippen LogP contribution in [-0.2, 0) is 19.4 Å². The number of rotatable bonds is 1. The predicted octanol–water partition coefficient (Wildman–Crippen LogP) is -0.157. The number of hydrogen-bond acceptors (Lipinski definition) is 5. The Morgan fingerprint density at radius 3 is 2.27 bits per heavy atom. The molecular weight excluding hydrogens is 218 g/mol. The molecule has 2 N–H and O–H groups in total. The lowest BCUT2D eigenvalue weighted by molar-refractivity contribution is -0.154. The Bertz CT molecular complexity index is 355. The zero-order valence-corrected chi connectivity index (χ0v) is 10.0. The molecule has 2 unspecified atom stereocenters. The summed E-state index contributed by atoms with van der Waals surface area (Å²) in [5.41, 5.74) is 4.85. The molecule has 0 bridgehead atoms. The van der Waals surface area contributed by atoms with Gasteiger partial charge in [0.25, 0.3) is 0 Å². The zero-order chi connectivity index (χ0) is 11.9. The maximum atomic E-state index is 11.6. The smallest absolute Gasteiger partial charge is 0.324 e. The standard InChI is InChI=1S/C9H17NO4S/c1-9(2,3)14-8(11)7-4-6(10)5-15(7,12)13/h6-7H,4-5,10H2,1-3H3. The molecule has 1 heterocycles. The molecule has 0 aromatic rings. The second-order valence-electron chi connectivity index (χ2n) is 4.85. The van der Waals surface area contributed by atoms with Crippen LogP contribution in [0, 0.1) is 0 Å². The maximum absolute atomic E-state index is 11.6. The van der Waals surface area contributed by atoms with E-state index in [4.69, 9.17) is 10.5 Å². The van der Waals surface area contributed by atoms with Crippen LogP contribution in [0.25, 0.3) is 0 Å². The minimum atomic E-state index is -3.41. The summed E-state index contributed by atoms with van der Waals surface area (Å²) in [6.07, 6.45) is 0.164. The van der Waals surface area contributed by atoms with Crippen molar-refractivity contribution in [1.29, 1.82) is 0 Å². The van der Waals surface area contributed by atoms with Crippen LogP contribution in [0.2, 0.25) is 0 Å². The third kappa shape index (κ3) is 3.17. The Balaban J connectivity index is 2.78. The van der Waals surface area contributed by atoms with Gasteiger partial charge in [-0.3, -0.25) is 4.79 Å². The first kappa shape index (κ1) is 12.4. The van der Waals surface area contributed by atoms with Gasteiger partial charge < -0.3 is 10.5 Å². The summed E-state index contributed by atoms with van der Waals surface area (Å²) in [6, 6.07) is -0.451. The normalized spacial score (nSPS) is 30.1. The molecule has 15 heavy (non-hydrogen) atoms. The van der Waals surface area contributed by atoms with Crippen molar-refractivity contribution in [3.8, 4) is 0 Å². The third-order valence-electron chi connectivity index (χ3n) is 2.07. The Labute approximate surface area is 89.9 Å².